The number of aliphatic hydroxyl groups excluding tert-OH is 2. The van der Waals surface area contributed by atoms with E-state index in [-0.39, 0.29) is 169 Å². The molecule has 0 amide bonds. The number of allylic oxidation sites excluding steroid dienone is 10. The van der Waals surface area contributed by atoms with Gasteiger partial charge in [0.25, 0.3) is 0 Å². The molecule has 0 fully saturated rings. The van der Waals surface area contributed by atoms with Gasteiger partial charge in [0.05, 0.1) is 83.9 Å². The highest BCUT2D eigenvalue weighted by atomic mass is 28.4. The molecule has 0 radical (unpaired) electrons. The fraction of sp³-hybridized carbons (Fsp3) is 0.663. The molecular weight excluding hydrogens is 1630 g/mol. The van der Waals surface area contributed by atoms with Crippen molar-refractivity contribution in [2.75, 3.05) is 94.5 Å². The minimum Gasteiger partial charge on any atom is -0.480 e. The smallest absolute Gasteiger partial charge is 0.412 e. The van der Waals surface area contributed by atoms with E-state index in [0.29, 0.717) is 0 Å². The Bertz CT molecular complexity index is 3360. The average Bonchev–Trinajstić information content (AvgIpc) is 0.814. The lowest BCUT2D eigenvalue weighted by Crippen LogP contribution is -2.49. The summed E-state index contributed by atoms with van der Waals surface area (Å²) in [5, 5.41) is 27.7. The molecule has 3 aliphatic rings. The molecule has 121 heavy (non-hydrogen) atoms. The summed E-state index contributed by atoms with van der Waals surface area (Å²) >= 11 is 0. The van der Waals surface area contributed by atoms with Gasteiger partial charge in [-0.2, -0.15) is 52.7 Å². The summed E-state index contributed by atoms with van der Waals surface area (Å²) in [6.45, 7) is 50.4. The van der Waals surface area contributed by atoms with Gasteiger partial charge in [-0.25, -0.2) is 4.79 Å². The maximum Gasteiger partial charge on any atom is 0.412 e. The predicted molar refractivity (Wildman–Crippen MR) is 467 cm³/mol. The van der Waals surface area contributed by atoms with Gasteiger partial charge in [-0.1, -0.05) is 206 Å². The van der Waals surface area contributed by atoms with E-state index in [1.54, 1.807) is 57.6 Å². The summed E-state index contributed by atoms with van der Waals surface area (Å²) in [7, 11) is 2.02. The normalized spacial score (nSPS) is 26.5. The van der Waals surface area contributed by atoms with Crippen molar-refractivity contribution in [1.29, 1.82) is 0 Å². The van der Waals surface area contributed by atoms with Crippen molar-refractivity contribution in [2.45, 2.75) is 278 Å². The lowest BCUT2D eigenvalue weighted by atomic mass is 9.96. The van der Waals surface area contributed by atoms with Crippen LogP contribution in [0.5, 0.6) is 0 Å². The number of ether oxygens (including phenoxy) is 9. The Morgan fingerprint density at radius 1 is 0.579 bits per heavy atom. The number of aliphatic hydroxyl groups is 2. The van der Waals surface area contributed by atoms with Gasteiger partial charge in [-0.05, 0) is 135 Å². The van der Waals surface area contributed by atoms with Gasteiger partial charge in [0, 0.05) is 74.4 Å². The Morgan fingerprint density at radius 3 is 1.34 bits per heavy atom. The quantitative estimate of drug-likeness (QED) is 0.0322. The SMILES string of the molecule is C=CCC/C(=C/COC/C(C)=C\[C@@H](C)[C@H](O[Si](C)(C)C(C)(C)C)[C@H](C=C)OC)C(F)(F)F.C=CCC/C(C)=C/CO.CO[C@H]1/C=C/CC/C(C(F)(F)F)=C/COC/C(C)=C\[C@@H](C)[C@@H]1O.CO[C@H]1/C=C/CC/C(C(F)(F)F)=C/COC/C(C)=C\[C@@H](C)[C@@H]1OCC(=O)O.CO[C@H]1/C=C/CC/C(C(F)(F)F)=C/COC/C(C)=C\[C@@H](C)[C@@H]1O[Si](C)(C)C(C)(C)C. The van der Waals surface area contributed by atoms with Crippen LogP contribution in [0.4, 0.5) is 52.7 Å². The van der Waals surface area contributed by atoms with Crippen molar-refractivity contribution in [3.63, 3.8) is 0 Å². The lowest BCUT2D eigenvalue weighted by Gasteiger charge is -2.42. The van der Waals surface area contributed by atoms with Crippen LogP contribution >= 0.6 is 0 Å². The molecule has 0 unspecified atom stereocenters. The molecule has 3 rings (SSSR count). The number of carboxylic acids is 1. The average molecular weight is 1780 g/mol. The van der Waals surface area contributed by atoms with E-state index >= 15 is 0 Å². The molecule has 0 saturated carbocycles. The second-order valence-corrected chi connectivity index (χ2v) is 43.1. The van der Waals surface area contributed by atoms with Crippen molar-refractivity contribution in [1.82, 2.24) is 0 Å². The molecule has 3 heterocycles. The molecule has 0 saturated heterocycles. The third kappa shape index (κ3) is 50.5. The minimum atomic E-state index is -4.40. The van der Waals surface area contributed by atoms with E-state index in [1.807, 2.05) is 84.9 Å². The summed E-state index contributed by atoms with van der Waals surface area (Å²) in [6.07, 6.45) is 10.7. The second kappa shape index (κ2) is 59.6. The number of carbonyl (C=O) groups is 1. The lowest BCUT2D eigenvalue weighted by molar-refractivity contribution is -0.148. The van der Waals surface area contributed by atoms with E-state index in [9.17, 15) is 62.6 Å². The highest BCUT2D eigenvalue weighted by Gasteiger charge is 2.44. The van der Waals surface area contributed by atoms with Crippen LogP contribution in [0, 0.1) is 23.7 Å². The minimum absolute atomic E-state index is 0.00421. The number of methoxy groups -OCH3 is 4. The van der Waals surface area contributed by atoms with Gasteiger partial charge in [0.2, 0.25) is 0 Å². The van der Waals surface area contributed by atoms with E-state index in [2.05, 4.69) is 100 Å². The van der Waals surface area contributed by atoms with Crippen molar-refractivity contribution in [3.05, 3.63) is 179 Å². The highest BCUT2D eigenvalue weighted by molar-refractivity contribution is 6.74. The molecule has 0 aliphatic carbocycles. The van der Waals surface area contributed by atoms with Crippen LogP contribution in [-0.2, 0) is 56.3 Å². The molecule has 0 aromatic heterocycles. The van der Waals surface area contributed by atoms with Crippen LogP contribution in [0.1, 0.15) is 168 Å². The van der Waals surface area contributed by atoms with Crippen molar-refractivity contribution in [2.24, 2.45) is 23.7 Å². The maximum absolute atomic E-state index is 13.2. The molecule has 698 valence electrons. The zero-order valence-corrected chi connectivity index (χ0v) is 78.4. The Balaban J connectivity index is 0. The number of hydrogen-bond acceptors (Lipinski definition) is 14. The van der Waals surface area contributed by atoms with Crippen LogP contribution in [0.3, 0.4) is 0 Å². The first-order valence-electron chi connectivity index (χ1n) is 41.1. The molecule has 0 spiro atoms. The molecular formula is C92H148F12O15Si2. The van der Waals surface area contributed by atoms with Crippen LogP contribution < -0.4 is 0 Å². The number of aliphatic carboxylic acids is 1. The Labute approximate surface area is 718 Å². The molecule has 0 bridgehead atoms. The van der Waals surface area contributed by atoms with Gasteiger partial charge in [0.15, 0.2) is 16.6 Å². The monoisotopic (exact) mass is 1780 g/mol. The summed E-state index contributed by atoms with van der Waals surface area (Å²) < 4.78 is 219. The summed E-state index contributed by atoms with van der Waals surface area (Å²) in [6, 6.07) is 0. The first-order chi connectivity index (χ1) is 56.0. The maximum atomic E-state index is 13.2. The zero-order valence-electron chi connectivity index (χ0n) is 76.4. The van der Waals surface area contributed by atoms with Gasteiger partial charge >= 0.3 is 30.7 Å². The molecule has 0 aromatic carbocycles. The molecule has 29 heteroatoms. The summed E-state index contributed by atoms with van der Waals surface area (Å²) in [4.78, 5) is 10.9. The third-order valence-electron chi connectivity index (χ3n) is 20.9. The fourth-order valence-electron chi connectivity index (χ4n) is 11.9. The van der Waals surface area contributed by atoms with Crippen LogP contribution in [0.2, 0.25) is 36.3 Å². The largest absolute Gasteiger partial charge is 0.480 e. The molecule has 3 aliphatic heterocycles. The van der Waals surface area contributed by atoms with Crippen molar-refractivity contribution < 1.29 is 124 Å². The van der Waals surface area contributed by atoms with E-state index in [0.717, 1.165) is 59.4 Å². The molecule has 15 nitrogen and oxygen atoms in total. The predicted octanol–water partition coefficient (Wildman–Crippen LogP) is 24.1. The summed E-state index contributed by atoms with van der Waals surface area (Å²) in [5.74, 6) is -1.39. The topological polar surface area (TPSA) is 179 Å². The summed E-state index contributed by atoms with van der Waals surface area (Å²) in [5.41, 5.74) is 2.43. The first kappa shape index (κ1) is 118. The standard InChI is InChI=1S/C25H43F3O3Si.C23H39F3O3Si.C19H27F3O5.C17H25F3O3.C8H14O/c1-11-13-14-21(25(26,27)28)15-16-30-18-19(3)17-20(4)23(22(12-2)29-8)31-32(9,10)24(5,6)7;1-17-15-18(2)21(29-30(7,8)22(3,4)5)20(27-6)12-10-9-11-19(23(24,25)26)13-14-28-16-17;1-13-10-14(2)18(27-12-17(23)24)16(25-3)7-5-4-6-15(19(20,21)22)8-9-26-11-13;1-12-10-13(2)16(21)15(22-3)7-5-4-6-14(17(18,19)20)8-9-23-11-12;1-3-4-5-8(2)6-7-9/h11-12,15,17,20,22-23H,1-2,13-14,16,18H2,3-10H3;10,12-13,15,18,20-21H,9,11,14,16H2,1-8H3;5,7-8,10,14,16,18H,4,6,9,11-12H2,1-3H3,(H,23,24);5,7-8,10,13,15-16,21H,4,6,9,11H2,1-3H3;3,6,9H,1,4-5,7H2,2H3/b19-17-,21-15-;12-10+,17-15-,19-13-;7-5+,13-10-,15-8-;7-5+,12-10-,14-8-;8-6+/t20-,22+,23+;18-,20+,21+;14-,16+,18+;13-,15+,16+;/m1111./s1. The molecule has 3 N–H and O–H groups in total. The van der Waals surface area contributed by atoms with Gasteiger partial charge in [-0.15, -0.1) is 19.7 Å². The second-order valence-electron chi connectivity index (χ2n) is 33.6. The number of carboxylic acid groups (broad SMARTS) is 1. The molecule has 0 aromatic rings. The van der Waals surface area contributed by atoms with Crippen LogP contribution in [0.25, 0.3) is 0 Å². The van der Waals surface area contributed by atoms with Gasteiger partial charge in [-0.3, -0.25) is 0 Å². The fourth-order valence-corrected chi connectivity index (χ4v) is 14.7. The van der Waals surface area contributed by atoms with Crippen molar-refractivity contribution in [3.8, 4) is 0 Å². The van der Waals surface area contributed by atoms with Gasteiger partial charge < -0.3 is 66.8 Å². The number of hydrogen-bond donors (Lipinski definition) is 3. The van der Waals surface area contributed by atoms with E-state index in [1.165, 1.54) is 25.9 Å². The Morgan fingerprint density at radius 2 is 0.975 bits per heavy atom. The zero-order chi connectivity index (χ0) is 93.3. The van der Waals surface area contributed by atoms with Gasteiger partial charge in [0.1, 0.15) is 31.0 Å². The van der Waals surface area contributed by atoms with Crippen LogP contribution in [-0.4, -0.2) is 206 Å². The number of alkyl halides is 12. The Kier molecular flexibility index (Phi) is 57.9. The highest BCUT2D eigenvalue weighted by Crippen LogP contribution is 2.42. The number of rotatable bonds is 26. The molecule has 12 atom stereocenters. The Hall–Kier alpha value is -5.36. The number of halogens is 12. The van der Waals surface area contributed by atoms with Crippen LogP contribution in [0.15, 0.2) is 179 Å². The van der Waals surface area contributed by atoms with E-state index in [4.69, 9.17) is 61.7 Å². The first-order valence-corrected chi connectivity index (χ1v) is 47.0. The van der Waals surface area contributed by atoms with E-state index < -0.39 is 101 Å². The third-order valence-corrected chi connectivity index (χ3v) is 29.8. The van der Waals surface area contributed by atoms with Crippen molar-refractivity contribution >= 4 is 22.6 Å².